The van der Waals surface area contributed by atoms with Crippen LogP contribution in [0.2, 0.25) is 0 Å². The van der Waals surface area contributed by atoms with Crippen molar-refractivity contribution in [3.05, 3.63) is 28.2 Å². The summed E-state index contributed by atoms with van der Waals surface area (Å²) in [7, 11) is 0. The van der Waals surface area contributed by atoms with Gasteiger partial charge in [0.1, 0.15) is 5.69 Å². The summed E-state index contributed by atoms with van der Waals surface area (Å²) in [5.74, 6) is -1.67. The predicted octanol–water partition coefficient (Wildman–Crippen LogP) is 2.67. The molecule has 1 fully saturated rings. The van der Waals surface area contributed by atoms with Crippen LogP contribution in [0.25, 0.3) is 0 Å². The monoisotopic (exact) mass is 318 g/mol. The smallest absolute Gasteiger partial charge is 0.224 e. The van der Waals surface area contributed by atoms with Gasteiger partial charge in [-0.2, -0.15) is 0 Å². The third-order valence-corrected chi connectivity index (χ3v) is 3.37. The standard InChI is InChI=1S/C12H13BrF2N2O/c13-8-4-9(14)12(10(15)5-8)17-11(18)3-7-1-2-16-6-7/h4-5,7,16H,1-3,6H2,(H,17,18). The lowest BCUT2D eigenvalue weighted by atomic mass is 10.0. The maximum absolute atomic E-state index is 13.5. The Balaban J connectivity index is 2.02. The Bertz CT molecular complexity index is 438. The van der Waals surface area contributed by atoms with Crippen LogP contribution in [0.3, 0.4) is 0 Å². The normalized spacial score (nSPS) is 18.9. The first kappa shape index (κ1) is 13.4. The van der Waals surface area contributed by atoms with Gasteiger partial charge in [-0.25, -0.2) is 8.78 Å². The summed E-state index contributed by atoms with van der Waals surface area (Å²) in [5, 5.41) is 5.43. The van der Waals surface area contributed by atoms with Crippen molar-refractivity contribution in [1.82, 2.24) is 5.32 Å². The molecule has 0 bridgehead atoms. The molecule has 1 unspecified atom stereocenters. The number of rotatable bonds is 3. The Morgan fingerprint density at radius 3 is 2.67 bits per heavy atom. The fraction of sp³-hybridized carbons (Fsp3) is 0.417. The van der Waals surface area contributed by atoms with Gasteiger partial charge in [0, 0.05) is 10.9 Å². The van der Waals surface area contributed by atoms with Crippen LogP contribution in [-0.2, 0) is 4.79 Å². The number of halogens is 3. The highest BCUT2D eigenvalue weighted by Gasteiger charge is 2.20. The van der Waals surface area contributed by atoms with Crippen molar-refractivity contribution in [3.63, 3.8) is 0 Å². The van der Waals surface area contributed by atoms with Crippen molar-refractivity contribution < 1.29 is 13.6 Å². The van der Waals surface area contributed by atoms with E-state index in [9.17, 15) is 13.6 Å². The Morgan fingerprint density at radius 2 is 2.11 bits per heavy atom. The number of hydrogen-bond acceptors (Lipinski definition) is 2. The number of carbonyl (C=O) groups excluding carboxylic acids is 1. The van der Waals surface area contributed by atoms with Crippen molar-refractivity contribution in [3.8, 4) is 0 Å². The number of carbonyl (C=O) groups is 1. The fourth-order valence-electron chi connectivity index (χ4n) is 2.00. The molecule has 0 saturated carbocycles. The third kappa shape index (κ3) is 3.26. The molecule has 1 heterocycles. The van der Waals surface area contributed by atoms with Crippen molar-refractivity contribution in [2.75, 3.05) is 18.4 Å². The maximum Gasteiger partial charge on any atom is 0.224 e. The molecule has 18 heavy (non-hydrogen) atoms. The van der Waals surface area contributed by atoms with Gasteiger partial charge in [-0.05, 0) is 37.6 Å². The average Bonchev–Trinajstić information content (AvgIpc) is 2.76. The minimum atomic E-state index is -0.778. The van der Waals surface area contributed by atoms with Gasteiger partial charge >= 0.3 is 0 Å². The first-order valence-corrected chi connectivity index (χ1v) is 6.50. The van der Waals surface area contributed by atoms with E-state index in [0.29, 0.717) is 4.47 Å². The summed E-state index contributed by atoms with van der Waals surface area (Å²) in [6.07, 6.45) is 1.20. The van der Waals surface area contributed by atoms with Crippen molar-refractivity contribution >= 4 is 27.5 Å². The molecule has 1 aliphatic rings. The lowest BCUT2D eigenvalue weighted by Crippen LogP contribution is -2.19. The summed E-state index contributed by atoms with van der Waals surface area (Å²) in [6, 6.07) is 2.24. The molecular formula is C12H13BrF2N2O. The van der Waals surface area contributed by atoms with Crippen LogP contribution in [0, 0.1) is 17.6 Å². The zero-order valence-corrected chi connectivity index (χ0v) is 11.2. The molecular weight excluding hydrogens is 306 g/mol. The molecule has 1 aromatic rings. The van der Waals surface area contributed by atoms with E-state index in [0.717, 1.165) is 31.6 Å². The molecule has 1 atom stereocenters. The molecule has 0 radical (unpaired) electrons. The fourth-order valence-corrected chi connectivity index (χ4v) is 2.40. The molecule has 1 amide bonds. The molecule has 0 spiro atoms. The number of hydrogen-bond donors (Lipinski definition) is 2. The number of benzene rings is 1. The molecule has 98 valence electrons. The van der Waals surface area contributed by atoms with Gasteiger partial charge in [-0.15, -0.1) is 0 Å². The molecule has 1 saturated heterocycles. The van der Waals surface area contributed by atoms with E-state index < -0.39 is 11.6 Å². The second-order valence-electron chi connectivity index (χ2n) is 4.36. The van der Waals surface area contributed by atoms with Gasteiger partial charge in [-0.3, -0.25) is 4.79 Å². The number of anilines is 1. The van der Waals surface area contributed by atoms with Crippen molar-refractivity contribution in [2.45, 2.75) is 12.8 Å². The van der Waals surface area contributed by atoms with Crippen LogP contribution >= 0.6 is 15.9 Å². The predicted molar refractivity (Wildman–Crippen MR) is 68.3 cm³/mol. The van der Waals surface area contributed by atoms with E-state index in [1.54, 1.807) is 0 Å². The lowest BCUT2D eigenvalue weighted by molar-refractivity contribution is -0.117. The molecule has 2 N–H and O–H groups in total. The maximum atomic E-state index is 13.5. The average molecular weight is 319 g/mol. The summed E-state index contributed by atoms with van der Waals surface area (Å²) in [4.78, 5) is 11.7. The summed E-state index contributed by atoms with van der Waals surface area (Å²) >= 11 is 2.98. The zero-order valence-electron chi connectivity index (χ0n) is 9.60. The van der Waals surface area contributed by atoms with Gasteiger partial charge in [0.05, 0.1) is 0 Å². The van der Waals surface area contributed by atoms with Gasteiger partial charge in [0.25, 0.3) is 0 Å². The quantitative estimate of drug-likeness (QED) is 0.899. The Kier molecular flexibility index (Phi) is 4.29. The number of amides is 1. The molecule has 0 aromatic heterocycles. The number of nitrogens with one attached hydrogen (secondary N) is 2. The molecule has 3 nitrogen and oxygen atoms in total. The summed E-state index contributed by atoms with van der Waals surface area (Å²) in [6.45, 7) is 1.66. The highest BCUT2D eigenvalue weighted by molar-refractivity contribution is 9.10. The largest absolute Gasteiger partial charge is 0.321 e. The van der Waals surface area contributed by atoms with E-state index in [4.69, 9.17) is 0 Å². The SMILES string of the molecule is O=C(CC1CCNC1)Nc1c(F)cc(Br)cc1F. The van der Waals surface area contributed by atoms with E-state index in [1.807, 2.05) is 0 Å². The van der Waals surface area contributed by atoms with Crippen molar-refractivity contribution in [2.24, 2.45) is 5.92 Å². The summed E-state index contributed by atoms with van der Waals surface area (Å²) in [5.41, 5.74) is -0.380. The Morgan fingerprint density at radius 1 is 1.44 bits per heavy atom. The minimum Gasteiger partial charge on any atom is -0.321 e. The van der Waals surface area contributed by atoms with Gasteiger partial charge in [0.15, 0.2) is 11.6 Å². The lowest BCUT2D eigenvalue weighted by Gasteiger charge is -2.10. The first-order chi connectivity index (χ1) is 8.56. The topological polar surface area (TPSA) is 41.1 Å². The molecule has 6 heteroatoms. The van der Waals surface area contributed by atoms with Gasteiger partial charge in [0.2, 0.25) is 5.91 Å². The van der Waals surface area contributed by atoms with Crippen LogP contribution in [0.15, 0.2) is 16.6 Å². The van der Waals surface area contributed by atoms with Crippen molar-refractivity contribution in [1.29, 1.82) is 0 Å². The Hall–Kier alpha value is -1.01. The van der Waals surface area contributed by atoms with E-state index in [1.165, 1.54) is 0 Å². The van der Waals surface area contributed by atoms with Gasteiger partial charge in [-0.1, -0.05) is 15.9 Å². The van der Waals surface area contributed by atoms with Crippen LogP contribution in [0.1, 0.15) is 12.8 Å². The third-order valence-electron chi connectivity index (χ3n) is 2.91. The molecule has 1 aromatic carbocycles. The van der Waals surface area contributed by atoms with Crippen LogP contribution in [-0.4, -0.2) is 19.0 Å². The van der Waals surface area contributed by atoms with Crippen LogP contribution in [0.5, 0.6) is 0 Å². The molecule has 2 rings (SSSR count). The first-order valence-electron chi connectivity index (χ1n) is 5.71. The second-order valence-corrected chi connectivity index (χ2v) is 5.27. The second kappa shape index (κ2) is 5.75. The van der Waals surface area contributed by atoms with Gasteiger partial charge < -0.3 is 10.6 Å². The van der Waals surface area contributed by atoms with E-state index >= 15 is 0 Å². The summed E-state index contributed by atoms with van der Waals surface area (Å²) < 4.78 is 27.3. The van der Waals surface area contributed by atoms with E-state index in [2.05, 4.69) is 26.6 Å². The highest BCUT2D eigenvalue weighted by Crippen LogP contribution is 2.24. The van der Waals surface area contributed by atoms with E-state index in [-0.39, 0.29) is 23.9 Å². The molecule has 0 aliphatic carbocycles. The molecule has 1 aliphatic heterocycles. The zero-order chi connectivity index (χ0) is 13.1. The highest BCUT2D eigenvalue weighted by atomic mass is 79.9. The Labute approximate surface area is 112 Å². The van der Waals surface area contributed by atoms with Crippen LogP contribution < -0.4 is 10.6 Å². The van der Waals surface area contributed by atoms with Crippen LogP contribution in [0.4, 0.5) is 14.5 Å². The minimum absolute atomic E-state index is 0.242.